The summed E-state index contributed by atoms with van der Waals surface area (Å²) in [6.07, 6.45) is 0. The van der Waals surface area contributed by atoms with Crippen molar-refractivity contribution in [2.75, 3.05) is 25.9 Å². The van der Waals surface area contributed by atoms with Crippen LogP contribution < -0.4 is 5.32 Å². The molecule has 0 atom stereocenters. The molecule has 0 aromatic rings. The van der Waals surface area contributed by atoms with Crippen LogP contribution in [0.25, 0.3) is 0 Å². The molecule has 0 fully saturated rings. The highest BCUT2D eigenvalue weighted by Crippen LogP contribution is 1.89. The number of carbonyl (C=O) groups excluding carboxylic acids is 2. The molecule has 0 aromatic heterocycles. The highest BCUT2D eigenvalue weighted by Gasteiger charge is 2.10. The second kappa shape index (κ2) is 6.70. The van der Waals surface area contributed by atoms with Crippen molar-refractivity contribution in [3.05, 3.63) is 0 Å². The van der Waals surface area contributed by atoms with Crippen LogP contribution >= 0.6 is 12.6 Å². The minimum Gasteiger partial charge on any atom is -0.354 e. The zero-order chi connectivity index (χ0) is 11.1. The molecule has 5 heteroatoms. The van der Waals surface area contributed by atoms with Crippen LogP contribution in [0.4, 0.5) is 0 Å². The number of rotatable bonds is 5. The van der Waals surface area contributed by atoms with Crippen molar-refractivity contribution in [1.82, 2.24) is 10.2 Å². The molecule has 0 aromatic carbocycles. The fourth-order valence-electron chi connectivity index (χ4n) is 0.798. The van der Waals surface area contributed by atoms with Crippen LogP contribution in [-0.4, -0.2) is 42.6 Å². The summed E-state index contributed by atoms with van der Waals surface area (Å²) in [4.78, 5) is 23.7. The summed E-state index contributed by atoms with van der Waals surface area (Å²) >= 11 is 3.84. The van der Waals surface area contributed by atoms with Crippen LogP contribution in [0.2, 0.25) is 0 Å². The molecule has 0 saturated carbocycles. The lowest BCUT2D eigenvalue weighted by atomic mass is 10.2. The van der Waals surface area contributed by atoms with E-state index < -0.39 is 0 Å². The number of carbonyl (C=O) groups is 2. The van der Waals surface area contributed by atoms with E-state index in [1.807, 2.05) is 13.8 Å². The second-order valence-electron chi connectivity index (χ2n) is 3.61. The minimum absolute atomic E-state index is 0.103. The monoisotopic (exact) mass is 218 g/mol. The molecule has 0 spiro atoms. The van der Waals surface area contributed by atoms with E-state index in [1.54, 1.807) is 7.05 Å². The summed E-state index contributed by atoms with van der Waals surface area (Å²) < 4.78 is 0. The van der Waals surface area contributed by atoms with Gasteiger partial charge in [0.25, 0.3) is 0 Å². The van der Waals surface area contributed by atoms with Crippen LogP contribution in [0, 0.1) is 5.92 Å². The topological polar surface area (TPSA) is 49.4 Å². The maximum atomic E-state index is 11.2. The number of thiol groups is 1. The smallest absolute Gasteiger partial charge is 0.239 e. The number of amides is 2. The number of hydrogen-bond acceptors (Lipinski definition) is 3. The zero-order valence-electron chi connectivity index (χ0n) is 8.91. The predicted octanol–water partition coefficient (Wildman–Crippen LogP) is 0.147. The van der Waals surface area contributed by atoms with Crippen molar-refractivity contribution >= 4 is 24.4 Å². The SMILES string of the molecule is CC(C)CNC(=O)CN(C)C(=O)CS. The minimum atomic E-state index is -0.145. The molecule has 1 N–H and O–H groups in total. The normalized spacial score (nSPS) is 10.1. The lowest BCUT2D eigenvalue weighted by Gasteiger charge is -2.16. The Morgan fingerprint density at radius 1 is 1.43 bits per heavy atom. The van der Waals surface area contributed by atoms with Gasteiger partial charge in [0, 0.05) is 13.6 Å². The van der Waals surface area contributed by atoms with Gasteiger partial charge in [-0.3, -0.25) is 9.59 Å². The lowest BCUT2D eigenvalue weighted by molar-refractivity contribution is -0.132. The van der Waals surface area contributed by atoms with Gasteiger partial charge in [0.2, 0.25) is 11.8 Å². The molecule has 0 aliphatic heterocycles. The molecule has 0 saturated heterocycles. The highest BCUT2D eigenvalue weighted by molar-refractivity contribution is 7.81. The average molecular weight is 218 g/mol. The van der Waals surface area contributed by atoms with Gasteiger partial charge in [0.1, 0.15) is 0 Å². The molecule has 0 aliphatic carbocycles. The first-order valence-corrected chi connectivity index (χ1v) is 5.22. The maximum absolute atomic E-state index is 11.2. The Morgan fingerprint density at radius 3 is 2.43 bits per heavy atom. The third kappa shape index (κ3) is 5.85. The first kappa shape index (κ1) is 13.3. The van der Waals surface area contributed by atoms with E-state index in [9.17, 15) is 9.59 Å². The maximum Gasteiger partial charge on any atom is 0.239 e. The van der Waals surface area contributed by atoms with E-state index in [1.165, 1.54) is 4.90 Å². The number of nitrogens with one attached hydrogen (secondary N) is 1. The number of nitrogens with zero attached hydrogens (tertiary/aromatic N) is 1. The Kier molecular flexibility index (Phi) is 6.36. The molecular formula is C9H18N2O2S. The van der Waals surface area contributed by atoms with E-state index in [0.717, 1.165) is 0 Å². The molecule has 0 rings (SSSR count). The van der Waals surface area contributed by atoms with Gasteiger partial charge in [0.05, 0.1) is 12.3 Å². The highest BCUT2D eigenvalue weighted by atomic mass is 32.1. The van der Waals surface area contributed by atoms with Gasteiger partial charge in [0.15, 0.2) is 0 Å². The zero-order valence-corrected chi connectivity index (χ0v) is 9.80. The van der Waals surface area contributed by atoms with Gasteiger partial charge in [-0.2, -0.15) is 12.6 Å². The van der Waals surface area contributed by atoms with Crippen molar-refractivity contribution in [3.63, 3.8) is 0 Å². The first-order valence-electron chi connectivity index (χ1n) is 4.59. The summed E-state index contributed by atoms with van der Waals surface area (Å²) in [6, 6.07) is 0. The Bertz CT molecular complexity index is 207. The van der Waals surface area contributed by atoms with Crippen LogP contribution in [0.1, 0.15) is 13.8 Å². The van der Waals surface area contributed by atoms with Gasteiger partial charge < -0.3 is 10.2 Å². The molecule has 0 heterocycles. The van der Waals surface area contributed by atoms with Crippen molar-refractivity contribution < 1.29 is 9.59 Å². The van der Waals surface area contributed by atoms with Crippen molar-refractivity contribution in [2.24, 2.45) is 5.92 Å². The van der Waals surface area contributed by atoms with Gasteiger partial charge in [-0.05, 0) is 5.92 Å². The fourth-order valence-corrected chi connectivity index (χ4v) is 1.04. The van der Waals surface area contributed by atoms with Crippen molar-refractivity contribution in [2.45, 2.75) is 13.8 Å². The Balaban J connectivity index is 3.77. The van der Waals surface area contributed by atoms with E-state index in [0.29, 0.717) is 12.5 Å². The molecular weight excluding hydrogens is 200 g/mol. The van der Waals surface area contributed by atoms with Gasteiger partial charge in [-0.15, -0.1) is 0 Å². The average Bonchev–Trinajstić information content (AvgIpc) is 2.13. The van der Waals surface area contributed by atoms with Crippen LogP contribution in [0.5, 0.6) is 0 Å². The Hall–Kier alpha value is -0.710. The molecule has 82 valence electrons. The van der Waals surface area contributed by atoms with Gasteiger partial charge in [-0.1, -0.05) is 13.8 Å². The standard InChI is InChI=1S/C9H18N2O2S/c1-7(2)4-10-8(12)5-11(3)9(13)6-14/h7,14H,4-6H2,1-3H3,(H,10,12). The van der Waals surface area contributed by atoms with Crippen LogP contribution in [0.3, 0.4) is 0 Å². The summed E-state index contributed by atoms with van der Waals surface area (Å²) in [6.45, 7) is 4.78. The molecule has 0 aliphatic rings. The van der Waals surface area contributed by atoms with Crippen molar-refractivity contribution in [3.8, 4) is 0 Å². The third-order valence-corrected chi connectivity index (χ3v) is 1.92. The molecule has 0 radical (unpaired) electrons. The quantitative estimate of drug-likeness (QED) is 0.645. The molecule has 0 bridgehead atoms. The van der Waals surface area contributed by atoms with Crippen LogP contribution in [-0.2, 0) is 9.59 Å². The van der Waals surface area contributed by atoms with E-state index >= 15 is 0 Å². The largest absolute Gasteiger partial charge is 0.354 e. The summed E-state index contributed by atoms with van der Waals surface area (Å²) in [5, 5.41) is 2.73. The Labute approximate surface area is 90.4 Å². The lowest BCUT2D eigenvalue weighted by Crippen LogP contribution is -2.39. The van der Waals surface area contributed by atoms with Gasteiger partial charge in [-0.25, -0.2) is 0 Å². The molecule has 4 nitrogen and oxygen atoms in total. The Morgan fingerprint density at radius 2 is 2.00 bits per heavy atom. The third-order valence-electron chi connectivity index (χ3n) is 1.65. The predicted molar refractivity (Wildman–Crippen MR) is 59.3 cm³/mol. The molecule has 2 amide bonds. The van der Waals surface area contributed by atoms with Gasteiger partial charge >= 0.3 is 0 Å². The van der Waals surface area contributed by atoms with E-state index in [4.69, 9.17) is 0 Å². The van der Waals surface area contributed by atoms with E-state index in [-0.39, 0.29) is 24.1 Å². The second-order valence-corrected chi connectivity index (χ2v) is 3.92. The number of hydrogen-bond donors (Lipinski definition) is 2. The molecule has 14 heavy (non-hydrogen) atoms. The first-order chi connectivity index (χ1) is 6.47. The fraction of sp³-hybridized carbons (Fsp3) is 0.778. The summed E-state index contributed by atoms with van der Waals surface area (Å²) in [7, 11) is 1.59. The molecule has 0 unspecified atom stereocenters. The number of likely N-dealkylation sites (N-methyl/N-ethyl adjacent to an activating group) is 1. The van der Waals surface area contributed by atoms with Crippen molar-refractivity contribution in [1.29, 1.82) is 0 Å². The summed E-state index contributed by atoms with van der Waals surface area (Å²) in [5.41, 5.74) is 0. The van der Waals surface area contributed by atoms with Crippen LogP contribution in [0.15, 0.2) is 0 Å². The van der Waals surface area contributed by atoms with E-state index in [2.05, 4.69) is 17.9 Å². The summed E-state index contributed by atoms with van der Waals surface area (Å²) in [5.74, 6) is 0.280.